The summed E-state index contributed by atoms with van der Waals surface area (Å²) in [6, 6.07) is 13.5. The number of carbonyl (C=O) groups is 1. The second-order valence-corrected chi connectivity index (χ2v) is 6.66. The molecule has 2 heterocycles. The van der Waals surface area contributed by atoms with Crippen LogP contribution in [-0.4, -0.2) is 20.9 Å². The summed E-state index contributed by atoms with van der Waals surface area (Å²) < 4.78 is 0. The number of anilines is 2. The lowest BCUT2D eigenvalue weighted by atomic mass is 10.0. The van der Waals surface area contributed by atoms with E-state index in [1.807, 2.05) is 31.2 Å². The minimum absolute atomic E-state index is 0.248. The van der Waals surface area contributed by atoms with Crippen LogP contribution in [0.15, 0.2) is 54.9 Å². The van der Waals surface area contributed by atoms with Gasteiger partial charge in [-0.1, -0.05) is 32.0 Å². The summed E-state index contributed by atoms with van der Waals surface area (Å²) in [7, 11) is 0. The Hall–Kier alpha value is -3.28. The number of hydrogen-bond donors (Lipinski definition) is 2. The van der Waals surface area contributed by atoms with Crippen LogP contribution in [-0.2, 0) is 6.54 Å². The van der Waals surface area contributed by atoms with E-state index in [0.29, 0.717) is 24.1 Å². The number of hydrogen-bond acceptors (Lipinski definition) is 5. The molecule has 6 nitrogen and oxygen atoms in total. The summed E-state index contributed by atoms with van der Waals surface area (Å²) >= 11 is 0. The molecule has 0 fully saturated rings. The Morgan fingerprint density at radius 2 is 1.89 bits per heavy atom. The fraction of sp³-hybridized carbons (Fsp3) is 0.238. The molecule has 0 bridgehead atoms. The molecule has 2 aromatic heterocycles. The Balaban J connectivity index is 1.70. The SMILES string of the molecule is Cc1cc(C(=O)NCc2cccnc2)nc(Nc2ccc(C(C)C)cc2)n1. The summed E-state index contributed by atoms with van der Waals surface area (Å²) in [6.07, 6.45) is 3.42. The lowest BCUT2D eigenvalue weighted by molar-refractivity contribution is 0.0945. The smallest absolute Gasteiger partial charge is 0.270 e. The quantitative estimate of drug-likeness (QED) is 0.694. The van der Waals surface area contributed by atoms with Crippen LogP contribution >= 0.6 is 0 Å². The van der Waals surface area contributed by atoms with Crippen molar-refractivity contribution in [1.29, 1.82) is 0 Å². The third-order valence-corrected chi connectivity index (χ3v) is 4.10. The molecule has 0 aliphatic heterocycles. The lowest BCUT2D eigenvalue weighted by Gasteiger charge is -2.10. The molecule has 1 aromatic carbocycles. The van der Waals surface area contributed by atoms with E-state index in [9.17, 15) is 4.79 Å². The van der Waals surface area contributed by atoms with Crippen LogP contribution in [0.4, 0.5) is 11.6 Å². The second-order valence-electron chi connectivity index (χ2n) is 6.66. The zero-order valence-corrected chi connectivity index (χ0v) is 15.7. The van der Waals surface area contributed by atoms with E-state index in [0.717, 1.165) is 16.9 Å². The predicted molar refractivity (Wildman–Crippen MR) is 106 cm³/mol. The van der Waals surface area contributed by atoms with Crippen molar-refractivity contribution in [3.63, 3.8) is 0 Å². The fourth-order valence-electron chi connectivity index (χ4n) is 2.60. The van der Waals surface area contributed by atoms with E-state index >= 15 is 0 Å². The molecule has 3 aromatic rings. The van der Waals surface area contributed by atoms with Gasteiger partial charge in [0.05, 0.1) is 0 Å². The Morgan fingerprint density at radius 1 is 1.11 bits per heavy atom. The average Bonchev–Trinajstić information content (AvgIpc) is 2.67. The van der Waals surface area contributed by atoms with E-state index in [2.05, 4.69) is 51.6 Å². The maximum absolute atomic E-state index is 12.4. The Morgan fingerprint density at radius 3 is 2.56 bits per heavy atom. The van der Waals surface area contributed by atoms with Gasteiger partial charge in [0.25, 0.3) is 5.91 Å². The van der Waals surface area contributed by atoms with Gasteiger partial charge in [-0.3, -0.25) is 9.78 Å². The van der Waals surface area contributed by atoms with Crippen molar-refractivity contribution in [2.45, 2.75) is 33.2 Å². The summed E-state index contributed by atoms with van der Waals surface area (Å²) in [4.78, 5) is 25.2. The number of aromatic nitrogens is 3. The molecule has 138 valence electrons. The zero-order valence-electron chi connectivity index (χ0n) is 15.7. The summed E-state index contributed by atoms with van der Waals surface area (Å²) in [5.41, 5.74) is 4.12. The highest BCUT2D eigenvalue weighted by atomic mass is 16.1. The number of rotatable bonds is 6. The van der Waals surface area contributed by atoms with Gasteiger partial charge in [-0.2, -0.15) is 0 Å². The molecule has 0 saturated carbocycles. The number of nitrogens with one attached hydrogen (secondary N) is 2. The second kappa shape index (κ2) is 8.40. The predicted octanol–water partition coefficient (Wildman–Crippen LogP) is 3.98. The molecule has 1 amide bonds. The molecule has 0 aliphatic carbocycles. The van der Waals surface area contributed by atoms with Gasteiger partial charge in [0.1, 0.15) is 5.69 Å². The number of nitrogens with zero attached hydrogens (tertiary/aromatic N) is 3. The first-order chi connectivity index (χ1) is 13.0. The Kier molecular flexibility index (Phi) is 5.76. The third kappa shape index (κ3) is 5.10. The largest absolute Gasteiger partial charge is 0.347 e. The van der Waals surface area contributed by atoms with E-state index in [1.54, 1.807) is 18.5 Å². The van der Waals surface area contributed by atoms with Gasteiger partial charge < -0.3 is 10.6 Å². The van der Waals surface area contributed by atoms with Crippen LogP contribution in [0.3, 0.4) is 0 Å². The number of pyridine rings is 1. The monoisotopic (exact) mass is 361 g/mol. The lowest BCUT2D eigenvalue weighted by Crippen LogP contribution is -2.24. The Bertz CT molecular complexity index is 908. The maximum atomic E-state index is 12.4. The molecule has 6 heteroatoms. The van der Waals surface area contributed by atoms with Crippen molar-refractivity contribution in [3.05, 3.63) is 77.4 Å². The van der Waals surface area contributed by atoms with Gasteiger partial charge in [-0.05, 0) is 48.2 Å². The highest BCUT2D eigenvalue weighted by molar-refractivity contribution is 5.92. The van der Waals surface area contributed by atoms with Crippen LogP contribution in [0.5, 0.6) is 0 Å². The molecule has 27 heavy (non-hydrogen) atoms. The van der Waals surface area contributed by atoms with Crippen molar-refractivity contribution in [2.24, 2.45) is 0 Å². The zero-order chi connectivity index (χ0) is 19.2. The van der Waals surface area contributed by atoms with Gasteiger partial charge in [0.2, 0.25) is 5.95 Å². The molecule has 0 unspecified atom stereocenters. The van der Waals surface area contributed by atoms with Crippen LogP contribution in [0.1, 0.15) is 47.1 Å². The van der Waals surface area contributed by atoms with E-state index in [-0.39, 0.29) is 5.91 Å². The van der Waals surface area contributed by atoms with Crippen molar-refractivity contribution in [3.8, 4) is 0 Å². The molecule has 2 N–H and O–H groups in total. The van der Waals surface area contributed by atoms with Crippen molar-refractivity contribution in [1.82, 2.24) is 20.3 Å². The fourth-order valence-corrected chi connectivity index (χ4v) is 2.60. The molecule has 0 aliphatic rings. The highest BCUT2D eigenvalue weighted by Crippen LogP contribution is 2.19. The average molecular weight is 361 g/mol. The van der Waals surface area contributed by atoms with Crippen molar-refractivity contribution < 1.29 is 4.79 Å². The summed E-state index contributed by atoms with van der Waals surface area (Å²) in [5.74, 6) is 0.630. The first kappa shape index (κ1) is 18.5. The van der Waals surface area contributed by atoms with Crippen LogP contribution < -0.4 is 10.6 Å². The summed E-state index contributed by atoms with van der Waals surface area (Å²) in [6.45, 7) is 6.55. The van der Waals surface area contributed by atoms with Crippen molar-refractivity contribution >= 4 is 17.5 Å². The number of amides is 1. The molecule has 0 spiro atoms. The van der Waals surface area contributed by atoms with Gasteiger partial charge >= 0.3 is 0 Å². The first-order valence-corrected chi connectivity index (χ1v) is 8.91. The standard InChI is InChI=1S/C21H23N5O/c1-14(2)17-6-8-18(9-7-17)25-21-24-15(3)11-19(26-21)20(27)23-13-16-5-4-10-22-12-16/h4-12,14H,13H2,1-3H3,(H,23,27)(H,24,25,26). The number of carbonyl (C=O) groups excluding carboxylic acids is 1. The number of aryl methyl sites for hydroxylation is 1. The van der Waals surface area contributed by atoms with E-state index in [1.165, 1.54) is 5.56 Å². The third-order valence-electron chi connectivity index (χ3n) is 4.10. The maximum Gasteiger partial charge on any atom is 0.270 e. The first-order valence-electron chi connectivity index (χ1n) is 8.91. The van der Waals surface area contributed by atoms with E-state index < -0.39 is 0 Å². The van der Waals surface area contributed by atoms with Gasteiger partial charge in [0.15, 0.2) is 0 Å². The van der Waals surface area contributed by atoms with Crippen LogP contribution in [0.25, 0.3) is 0 Å². The minimum Gasteiger partial charge on any atom is -0.347 e. The summed E-state index contributed by atoms with van der Waals surface area (Å²) in [5, 5.41) is 6.02. The van der Waals surface area contributed by atoms with Crippen LogP contribution in [0, 0.1) is 6.92 Å². The molecular formula is C21H23N5O. The molecule has 0 atom stereocenters. The van der Waals surface area contributed by atoms with Crippen molar-refractivity contribution in [2.75, 3.05) is 5.32 Å². The topological polar surface area (TPSA) is 79.8 Å². The van der Waals surface area contributed by atoms with Gasteiger partial charge in [-0.15, -0.1) is 0 Å². The molecule has 0 radical (unpaired) electrons. The number of benzene rings is 1. The van der Waals surface area contributed by atoms with Crippen LogP contribution in [0.2, 0.25) is 0 Å². The van der Waals surface area contributed by atoms with Gasteiger partial charge in [0, 0.05) is 30.3 Å². The Labute approximate surface area is 159 Å². The molecule has 0 saturated heterocycles. The molecule has 3 rings (SSSR count). The van der Waals surface area contributed by atoms with E-state index in [4.69, 9.17) is 0 Å². The minimum atomic E-state index is -0.248. The van der Waals surface area contributed by atoms with Gasteiger partial charge in [-0.25, -0.2) is 9.97 Å². The highest BCUT2D eigenvalue weighted by Gasteiger charge is 2.11. The normalized spacial score (nSPS) is 10.7. The molecular weight excluding hydrogens is 338 g/mol.